The highest BCUT2D eigenvalue weighted by atomic mass is 16.5. The van der Waals surface area contributed by atoms with Gasteiger partial charge in [0.1, 0.15) is 0 Å². The van der Waals surface area contributed by atoms with Gasteiger partial charge < -0.3 is 4.74 Å². The SMILES string of the molecule is Cc1ccc(C(=O)Oc2ccc(-c3cc(C)ccc3C)nn2)cc1. The number of aryl methyl sites for hydroxylation is 3. The molecule has 24 heavy (non-hydrogen) atoms. The summed E-state index contributed by atoms with van der Waals surface area (Å²) in [7, 11) is 0. The summed E-state index contributed by atoms with van der Waals surface area (Å²) in [6, 6.07) is 16.9. The van der Waals surface area contributed by atoms with Gasteiger partial charge in [0.05, 0.1) is 11.3 Å². The quantitative estimate of drug-likeness (QED) is 0.676. The number of carbonyl (C=O) groups is 1. The Bertz CT molecular complexity index is 869. The first-order chi connectivity index (χ1) is 11.5. The van der Waals surface area contributed by atoms with E-state index in [0.717, 1.165) is 27.9 Å². The molecule has 120 valence electrons. The van der Waals surface area contributed by atoms with Gasteiger partial charge in [-0.2, -0.15) is 0 Å². The number of aromatic nitrogens is 2. The minimum absolute atomic E-state index is 0.189. The van der Waals surface area contributed by atoms with E-state index in [1.807, 2.05) is 39.0 Å². The number of esters is 1. The maximum atomic E-state index is 12.1. The van der Waals surface area contributed by atoms with E-state index in [4.69, 9.17) is 4.74 Å². The molecule has 0 amide bonds. The first-order valence-electron chi connectivity index (χ1n) is 7.73. The predicted octanol–water partition coefficient (Wildman–Crippen LogP) is 4.29. The van der Waals surface area contributed by atoms with Gasteiger partial charge in [0.15, 0.2) is 0 Å². The molecule has 0 aliphatic heterocycles. The van der Waals surface area contributed by atoms with Crippen LogP contribution in [0.4, 0.5) is 0 Å². The second-order valence-electron chi connectivity index (χ2n) is 5.83. The Kier molecular flexibility index (Phi) is 4.38. The summed E-state index contributed by atoms with van der Waals surface area (Å²) in [4.78, 5) is 12.1. The average Bonchev–Trinajstić information content (AvgIpc) is 2.58. The van der Waals surface area contributed by atoms with Gasteiger partial charge >= 0.3 is 5.97 Å². The van der Waals surface area contributed by atoms with Gasteiger partial charge in [-0.15, -0.1) is 10.2 Å². The van der Waals surface area contributed by atoms with Gasteiger partial charge in [-0.25, -0.2) is 4.79 Å². The lowest BCUT2D eigenvalue weighted by Gasteiger charge is -2.07. The molecule has 0 atom stereocenters. The van der Waals surface area contributed by atoms with Crippen molar-refractivity contribution in [1.29, 1.82) is 0 Å². The largest absolute Gasteiger partial charge is 0.402 e. The average molecular weight is 318 g/mol. The van der Waals surface area contributed by atoms with Crippen LogP contribution in [0.3, 0.4) is 0 Å². The molecule has 0 bridgehead atoms. The summed E-state index contributed by atoms with van der Waals surface area (Å²) in [5.41, 5.74) is 5.64. The first kappa shape index (κ1) is 15.9. The Labute approximate surface area is 141 Å². The van der Waals surface area contributed by atoms with Crippen molar-refractivity contribution in [2.24, 2.45) is 0 Å². The summed E-state index contributed by atoms with van der Waals surface area (Å²) in [6.07, 6.45) is 0. The second-order valence-corrected chi connectivity index (χ2v) is 5.83. The number of hydrogen-bond donors (Lipinski definition) is 0. The molecule has 0 radical (unpaired) electrons. The fourth-order valence-electron chi connectivity index (χ4n) is 2.37. The van der Waals surface area contributed by atoms with E-state index in [1.165, 1.54) is 0 Å². The summed E-state index contributed by atoms with van der Waals surface area (Å²) < 4.78 is 5.27. The van der Waals surface area contributed by atoms with Crippen molar-refractivity contribution in [3.63, 3.8) is 0 Å². The highest BCUT2D eigenvalue weighted by Gasteiger charge is 2.10. The Balaban J connectivity index is 1.78. The predicted molar refractivity (Wildman–Crippen MR) is 93.1 cm³/mol. The third kappa shape index (κ3) is 3.49. The molecule has 3 aromatic rings. The normalized spacial score (nSPS) is 10.5. The summed E-state index contributed by atoms with van der Waals surface area (Å²) in [5.74, 6) is -0.251. The van der Waals surface area contributed by atoms with E-state index in [0.29, 0.717) is 5.56 Å². The molecule has 1 aromatic heterocycles. The monoisotopic (exact) mass is 318 g/mol. The van der Waals surface area contributed by atoms with Crippen molar-refractivity contribution in [2.45, 2.75) is 20.8 Å². The molecule has 0 fully saturated rings. The fraction of sp³-hybridized carbons (Fsp3) is 0.150. The highest BCUT2D eigenvalue weighted by Crippen LogP contribution is 2.23. The molecular formula is C20H18N2O2. The van der Waals surface area contributed by atoms with E-state index >= 15 is 0 Å². The smallest absolute Gasteiger partial charge is 0.344 e. The van der Waals surface area contributed by atoms with Gasteiger partial charge in [0.2, 0.25) is 5.88 Å². The molecule has 0 aliphatic rings. The van der Waals surface area contributed by atoms with Crippen LogP contribution in [-0.2, 0) is 0 Å². The summed E-state index contributed by atoms with van der Waals surface area (Å²) in [5, 5.41) is 8.20. The molecule has 0 aliphatic carbocycles. The number of benzene rings is 2. The Morgan fingerprint density at radius 3 is 2.21 bits per heavy atom. The third-order valence-corrected chi connectivity index (χ3v) is 3.79. The molecule has 2 aromatic carbocycles. The van der Waals surface area contributed by atoms with Gasteiger partial charge in [0.25, 0.3) is 0 Å². The van der Waals surface area contributed by atoms with Crippen LogP contribution < -0.4 is 4.74 Å². The van der Waals surface area contributed by atoms with Crippen LogP contribution in [0, 0.1) is 20.8 Å². The second kappa shape index (κ2) is 6.62. The zero-order valence-corrected chi connectivity index (χ0v) is 13.9. The molecule has 4 heteroatoms. The van der Waals surface area contributed by atoms with Crippen molar-refractivity contribution < 1.29 is 9.53 Å². The third-order valence-electron chi connectivity index (χ3n) is 3.79. The van der Waals surface area contributed by atoms with Crippen LogP contribution in [-0.4, -0.2) is 16.2 Å². The van der Waals surface area contributed by atoms with Crippen LogP contribution in [0.1, 0.15) is 27.0 Å². The lowest BCUT2D eigenvalue weighted by Crippen LogP contribution is -2.09. The van der Waals surface area contributed by atoms with Crippen LogP contribution in [0.5, 0.6) is 5.88 Å². The molecule has 0 spiro atoms. The van der Waals surface area contributed by atoms with E-state index in [2.05, 4.69) is 28.4 Å². The van der Waals surface area contributed by atoms with E-state index in [9.17, 15) is 4.79 Å². The Morgan fingerprint density at radius 2 is 1.54 bits per heavy atom. The van der Waals surface area contributed by atoms with Gasteiger partial charge in [-0.3, -0.25) is 0 Å². The first-order valence-corrected chi connectivity index (χ1v) is 7.73. The molecule has 1 heterocycles. The zero-order valence-electron chi connectivity index (χ0n) is 13.9. The summed E-state index contributed by atoms with van der Waals surface area (Å²) >= 11 is 0. The standard InChI is InChI=1S/C20H18N2O2/c1-13-5-8-16(9-6-13)20(23)24-19-11-10-18(21-22-19)17-12-14(2)4-7-15(17)3/h4-12H,1-3H3. The highest BCUT2D eigenvalue weighted by molar-refractivity contribution is 5.90. The molecule has 0 saturated carbocycles. The van der Waals surface area contributed by atoms with Crippen LogP contribution in [0.25, 0.3) is 11.3 Å². The molecule has 4 nitrogen and oxygen atoms in total. The Morgan fingerprint density at radius 1 is 0.833 bits per heavy atom. The van der Waals surface area contributed by atoms with Gasteiger partial charge in [0, 0.05) is 11.6 Å². The van der Waals surface area contributed by atoms with Gasteiger partial charge in [-0.1, -0.05) is 35.4 Å². The van der Waals surface area contributed by atoms with Crippen LogP contribution in [0.2, 0.25) is 0 Å². The van der Waals surface area contributed by atoms with Crippen molar-refractivity contribution in [3.8, 4) is 17.1 Å². The fourth-order valence-corrected chi connectivity index (χ4v) is 2.37. The number of ether oxygens (including phenoxy) is 1. The molecular weight excluding hydrogens is 300 g/mol. The van der Waals surface area contributed by atoms with Crippen LogP contribution >= 0.6 is 0 Å². The molecule has 0 N–H and O–H groups in total. The molecule has 3 rings (SSSR count). The number of carbonyl (C=O) groups excluding carboxylic acids is 1. The lowest BCUT2D eigenvalue weighted by molar-refractivity contribution is 0.0726. The minimum atomic E-state index is -0.441. The van der Waals surface area contributed by atoms with Crippen molar-refractivity contribution >= 4 is 5.97 Å². The van der Waals surface area contributed by atoms with Gasteiger partial charge in [-0.05, 0) is 50.6 Å². The van der Waals surface area contributed by atoms with Crippen molar-refractivity contribution in [3.05, 3.63) is 76.9 Å². The maximum absolute atomic E-state index is 12.1. The number of hydrogen-bond acceptors (Lipinski definition) is 4. The zero-order chi connectivity index (χ0) is 17.1. The molecule has 0 unspecified atom stereocenters. The maximum Gasteiger partial charge on any atom is 0.344 e. The minimum Gasteiger partial charge on any atom is -0.402 e. The summed E-state index contributed by atoms with van der Waals surface area (Å²) in [6.45, 7) is 6.03. The van der Waals surface area contributed by atoms with E-state index in [-0.39, 0.29) is 5.88 Å². The lowest BCUT2D eigenvalue weighted by atomic mass is 10.0. The number of nitrogens with zero attached hydrogens (tertiary/aromatic N) is 2. The van der Waals surface area contributed by atoms with Crippen molar-refractivity contribution in [2.75, 3.05) is 0 Å². The topological polar surface area (TPSA) is 52.1 Å². The number of rotatable bonds is 3. The van der Waals surface area contributed by atoms with E-state index in [1.54, 1.807) is 18.2 Å². The Hall–Kier alpha value is -3.01. The van der Waals surface area contributed by atoms with Crippen molar-refractivity contribution in [1.82, 2.24) is 10.2 Å². The van der Waals surface area contributed by atoms with E-state index < -0.39 is 5.97 Å². The van der Waals surface area contributed by atoms with Crippen LogP contribution in [0.15, 0.2) is 54.6 Å². The molecule has 0 saturated heterocycles.